The van der Waals surface area contributed by atoms with Gasteiger partial charge in [0.25, 0.3) is 0 Å². The van der Waals surface area contributed by atoms with E-state index >= 15 is 0 Å². The van der Waals surface area contributed by atoms with Gasteiger partial charge in [-0.2, -0.15) is 0 Å². The lowest BCUT2D eigenvalue weighted by Crippen LogP contribution is -2.41. The first-order valence-electron chi connectivity index (χ1n) is 9.86. The SMILES string of the molecule is CCNC(=NCc1nccn1CC(C)C)NCC1(Sc2ccccc2)CC1.I. The summed E-state index contributed by atoms with van der Waals surface area (Å²) in [6, 6.07) is 10.7. The Hall–Kier alpha value is -1.22. The van der Waals surface area contributed by atoms with Crippen molar-refractivity contribution >= 4 is 41.7 Å². The standard InChI is InChI=1S/C21H31N5S.HI/c1-4-22-20(24-14-19-23-12-13-26(19)15-17(2)3)25-16-21(10-11-21)27-18-8-6-5-7-9-18;/h5-9,12-13,17H,4,10-11,14-16H2,1-3H3,(H2,22,24,25);1H. The van der Waals surface area contributed by atoms with E-state index in [1.54, 1.807) is 0 Å². The van der Waals surface area contributed by atoms with Gasteiger partial charge in [-0.25, -0.2) is 9.98 Å². The van der Waals surface area contributed by atoms with Crippen molar-refractivity contribution < 1.29 is 0 Å². The molecule has 1 aliphatic rings. The summed E-state index contributed by atoms with van der Waals surface area (Å²) in [6.07, 6.45) is 6.40. The highest BCUT2D eigenvalue weighted by Crippen LogP contribution is 2.51. The van der Waals surface area contributed by atoms with E-state index in [4.69, 9.17) is 4.99 Å². The van der Waals surface area contributed by atoms with Crippen molar-refractivity contribution in [2.24, 2.45) is 10.9 Å². The van der Waals surface area contributed by atoms with E-state index in [1.807, 2.05) is 24.2 Å². The molecular formula is C21H32IN5S. The third kappa shape index (κ3) is 6.99. The van der Waals surface area contributed by atoms with E-state index in [0.29, 0.717) is 17.2 Å². The molecule has 154 valence electrons. The second-order valence-corrected chi connectivity index (χ2v) is 9.08. The number of hydrogen-bond donors (Lipinski definition) is 2. The van der Waals surface area contributed by atoms with Crippen LogP contribution in [0, 0.1) is 5.92 Å². The number of imidazole rings is 1. The number of thioether (sulfide) groups is 1. The first-order chi connectivity index (χ1) is 13.1. The first kappa shape index (κ1) is 23.1. The van der Waals surface area contributed by atoms with Crippen molar-refractivity contribution in [1.82, 2.24) is 20.2 Å². The van der Waals surface area contributed by atoms with Crippen molar-refractivity contribution in [3.05, 3.63) is 48.5 Å². The van der Waals surface area contributed by atoms with Gasteiger partial charge in [0.05, 0.1) is 0 Å². The van der Waals surface area contributed by atoms with Gasteiger partial charge < -0.3 is 15.2 Å². The summed E-state index contributed by atoms with van der Waals surface area (Å²) in [5.41, 5.74) is 0. The van der Waals surface area contributed by atoms with Crippen LogP contribution in [0.1, 0.15) is 39.4 Å². The van der Waals surface area contributed by atoms with Crippen LogP contribution in [0.3, 0.4) is 0 Å². The molecule has 0 atom stereocenters. The third-order valence-electron chi connectivity index (χ3n) is 4.55. The van der Waals surface area contributed by atoms with Crippen LogP contribution >= 0.6 is 35.7 Å². The van der Waals surface area contributed by atoms with E-state index in [1.165, 1.54) is 17.7 Å². The Bertz CT molecular complexity index is 740. The van der Waals surface area contributed by atoms with Gasteiger partial charge >= 0.3 is 0 Å². The van der Waals surface area contributed by atoms with Crippen molar-refractivity contribution in [2.75, 3.05) is 13.1 Å². The molecule has 1 aliphatic carbocycles. The summed E-state index contributed by atoms with van der Waals surface area (Å²) in [5, 5.41) is 6.91. The summed E-state index contributed by atoms with van der Waals surface area (Å²) in [5.74, 6) is 2.48. The van der Waals surface area contributed by atoms with E-state index in [2.05, 4.69) is 71.3 Å². The van der Waals surface area contributed by atoms with Crippen LogP contribution in [0.4, 0.5) is 0 Å². The fourth-order valence-electron chi connectivity index (χ4n) is 2.98. The molecule has 1 aromatic carbocycles. The van der Waals surface area contributed by atoms with Crippen molar-refractivity contribution in [1.29, 1.82) is 0 Å². The van der Waals surface area contributed by atoms with Crippen molar-refractivity contribution in [3.63, 3.8) is 0 Å². The smallest absolute Gasteiger partial charge is 0.191 e. The highest BCUT2D eigenvalue weighted by molar-refractivity contribution is 14.0. The lowest BCUT2D eigenvalue weighted by atomic mass is 10.2. The lowest BCUT2D eigenvalue weighted by molar-refractivity contribution is 0.507. The van der Waals surface area contributed by atoms with Crippen LogP contribution in [-0.2, 0) is 13.1 Å². The summed E-state index contributed by atoms with van der Waals surface area (Å²) >= 11 is 1.98. The molecule has 3 rings (SSSR count). The predicted molar refractivity (Wildman–Crippen MR) is 130 cm³/mol. The van der Waals surface area contributed by atoms with Crippen LogP contribution in [0.25, 0.3) is 0 Å². The molecule has 1 saturated carbocycles. The number of nitrogens with zero attached hydrogens (tertiary/aromatic N) is 3. The maximum atomic E-state index is 4.76. The highest BCUT2D eigenvalue weighted by Gasteiger charge is 2.43. The van der Waals surface area contributed by atoms with Gasteiger partial charge in [0, 0.05) is 41.7 Å². The number of benzene rings is 1. The van der Waals surface area contributed by atoms with Crippen LogP contribution in [0.2, 0.25) is 0 Å². The summed E-state index contributed by atoms with van der Waals surface area (Å²) in [6.45, 7) is 9.89. The molecule has 0 bridgehead atoms. The molecule has 2 N–H and O–H groups in total. The van der Waals surface area contributed by atoms with Crippen LogP contribution in [0.15, 0.2) is 52.6 Å². The molecule has 2 aromatic rings. The van der Waals surface area contributed by atoms with Gasteiger partial charge in [-0.05, 0) is 37.8 Å². The largest absolute Gasteiger partial charge is 0.357 e. The second-order valence-electron chi connectivity index (χ2n) is 7.54. The Kier molecular flexibility index (Phi) is 9.14. The van der Waals surface area contributed by atoms with Gasteiger partial charge in [-0.3, -0.25) is 0 Å². The fourth-order valence-corrected chi connectivity index (χ4v) is 4.22. The molecule has 7 heteroatoms. The lowest BCUT2D eigenvalue weighted by Gasteiger charge is -2.18. The molecule has 0 saturated heterocycles. The number of aliphatic imine (C=N–C) groups is 1. The van der Waals surface area contributed by atoms with Gasteiger partial charge in [0.15, 0.2) is 5.96 Å². The normalized spacial score (nSPS) is 15.2. The summed E-state index contributed by atoms with van der Waals surface area (Å²) in [4.78, 5) is 10.6. The second kappa shape index (κ2) is 11.1. The minimum atomic E-state index is 0. The average molecular weight is 513 g/mol. The fraction of sp³-hybridized carbons (Fsp3) is 0.524. The summed E-state index contributed by atoms with van der Waals surface area (Å²) in [7, 11) is 0. The molecule has 0 aliphatic heterocycles. The maximum Gasteiger partial charge on any atom is 0.191 e. The number of guanidine groups is 1. The van der Waals surface area contributed by atoms with Crippen LogP contribution in [0.5, 0.6) is 0 Å². The van der Waals surface area contributed by atoms with E-state index in [0.717, 1.165) is 31.4 Å². The quantitative estimate of drug-likeness (QED) is 0.294. The molecule has 1 heterocycles. The van der Waals surface area contributed by atoms with E-state index in [9.17, 15) is 0 Å². The first-order valence-corrected chi connectivity index (χ1v) is 10.7. The topological polar surface area (TPSA) is 54.2 Å². The van der Waals surface area contributed by atoms with Crippen molar-refractivity contribution in [2.45, 2.75) is 56.3 Å². The monoisotopic (exact) mass is 513 g/mol. The molecular weight excluding hydrogens is 481 g/mol. The number of nitrogens with one attached hydrogen (secondary N) is 2. The minimum Gasteiger partial charge on any atom is -0.357 e. The number of hydrogen-bond acceptors (Lipinski definition) is 3. The Balaban J connectivity index is 0.00000280. The molecule has 0 amide bonds. The van der Waals surface area contributed by atoms with Gasteiger partial charge in [0.1, 0.15) is 12.4 Å². The van der Waals surface area contributed by atoms with E-state index < -0.39 is 0 Å². The molecule has 1 aromatic heterocycles. The average Bonchev–Trinajstić information content (AvgIpc) is 3.27. The Morgan fingerprint density at radius 2 is 2.00 bits per heavy atom. The summed E-state index contributed by atoms with van der Waals surface area (Å²) < 4.78 is 2.50. The number of halogens is 1. The van der Waals surface area contributed by atoms with Gasteiger partial charge in [-0.15, -0.1) is 35.7 Å². The zero-order valence-electron chi connectivity index (χ0n) is 17.0. The van der Waals surface area contributed by atoms with E-state index in [-0.39, 0.29) is 24.0 Å². The zero-order chi connectivity index (χ0) is 19.1. The molecule has 5 nitrogen and oxygen atoms in total. The van der Waals surface area contributed by atoms with Crippen LogP contribution < -0.4 is 10.6 Å². The molecule has 1 fully saturated rings. The Morgan fingerprint density at radius 3 is 2.64 bits per heavy atom. The van der Waals surface area contributed by atoms with Crippen LogP contribution in [-0.4, -0.2) is 33.3 Å². The van der Waals surface area contributed by atoms with Gasteiger partial charge in [0.2, 0.25) is 0 Å². The van der Waals surface area contributed by atoms with Gasteiger partial charge in [-0.1, -0.05) is 32.0 Å². The van der Waals surface area contributed by atoms with Crippen molar-refractivity contribution in [3.8, 4) is 0 Å². The Labute approximate surface area is 190 Å². The number of aromatic nitrogens is 2. The highest BCUT2D eigenvalue weighted by atomic mass is 127. The number of rotatable bonds is 9. The molecule has 0 spiro atoms. The maximum absolute atomic E-state index is 4.76. The minimum absolute atomic E-state index is 0. The predicted octanol–water partition coefficient (Wildman–Crippen LogP) is 4.54. The molecule has 0 radical (unpaired) electrons. The zero-order valence-corrected chi connectivity index (χ0v) is 20.2. The Morgan fingerprint density at radius 1 is 1.25 bits per heavy atom. The molecule has 28 heavy (non-hydrogen) atoms. The third-order valence-corrected chi connectivity index (χ3v) is 6.04. The molecule has 0 unspecified atom stereocenters.